The Morgan fingerprint density at radius 2 is 2.10 bits per heavy atom. The highest BCUT2D eigenvalue weighted by Gasteiger charge is 2.10. The van der Waals surface area contributed by atoms with E-state index in [1.165, 1.54) is 13.2 Å². The van der Waals surface area contributed by atoms with Crippen LogP contribution < -0.4 is 10.6 Å². The molecule has 0 heterocycles. The van der Waals surface area contributed by atoms with E-state index in [0.29, 0.717) is 6.61 Å². The Bertz CT molecular complexity index is 533. The van der Waals surface area contributed by atoms with E-state index >= 15 is 0 Å². The van der Waals surface area contributed by atoms with Crippen LogP contribution in [0.4, 0.5) is 14.5 Å². The summed E-state index contributed by atoms with van der Waals surface area (Å²) in [5, 5.41) is 13.5. The lowest BCUT2D eigenvalue weighted by Gasteiger charge is -2.06. The van der Waals surface area contributed by atoms with Crippen molar-refractivity contribution in [1.82, 2.24) is 5.32 Å². The standard InChI is InChI=1S/C13H13F2N3O2/c1-20-6-5-17-13(19)9(7-16)8-18-12-10(14)3-2-4-11(12)15/h2-4,8,18H,5-6H2,1H3,(H,17,19)/b9-8-. The number of hydrogen-bond acceptors (Lipinski definition) is 4. The number of para-hydroxylation sites is 1. The largest absolute Gasteiger partial charge is 0.383 e. The molecule has 0 radical (unpaired) electrons. The number of rotatable bonds is 6. The zero-order chi connectivity index (χ0) is 15.0. The lowest BCUT2D eigenvalue weighted by atomic mass is 10.2. The summed E-state index contributed by atoms with van der Waals surface area (Å²) >= 11 is 0. The van der Waals surface area contributed by atoms with Gasteiger partial charge in [-0.2, -0.15) is 5.26 Å². The van der Waals surface area contributed by atoms with Gasteiger partial charge in [0, 0.05) is 19.9 Å². The van der Waals surface area contributed by atoms with Gasteiger partial charge in [-0.05, 0) is 12.1 Å². The first-order valence-electron chi connectivity index (χ1n) is 5.68. The molecule has 7 heteroatoms. The summed E-state index contributed by atoms with van der Waals surface area (Å²) in [5.41, 5.74) is -0.728. The Labute approximate surface area is 114 Å². The molecule has 0 spiro atoms. The van der Waals surface area contributed by atoms with Crippen molar-refractivity contribution in [3.05, 3.63) is 41.6 Å². The molecule has 0 aliphatic heterocycles. The Balaban J connectivity index is 2.76. The molecule has 0 aliphatic rings. The monoisotopic (exact) mass is 281 g/mol. The third-order valence-corrected chi connectivity index (χ3v) is 2.28. The van der Waals surface area contributed by atoms with Gasteiger partial charge in [0.05, 0.1) is 6.61 Å². The van der Waals surface area contributed by atoms with Gasteiger partial charge in [-0.1, -0.05) is 6.07 Å². The zero-order valence-electron chi connectivity index (χ0n) is 10.7. The fourth-order valence-corrected chi connectivity index (χ4v) is 1.29. The predicted molar refractivity (Wildman–Crippen MR) is 68.6 cm³/mol. The van der Waals surface area contributed by atoms with Crippen LogP contribution in [0, 0.1) is 23.0 Å². The van der Waals surface area contributed by atoms with Crippen molar-refractivity contribution in [2.24, 2.45) is 0 Å². The number of amides is 1. The third-order valence-electron chi connectivity index (χ3n) is 2.28. The minimum absolute atomic E-state index is 0.225. The van der Waals surface area contributed by atoms with Crippen LogP contribution >= 0.6 is 0 Å². The average Bonchev–Trinajstić information content (AvgIpc) is 2.42. The molecule has 5 nitrogen and oxygen atoms in total. The number of anilines is 1. The summed E-state index contributed by atoms with van der Waals surface area (Å²) < 4.78 is 31.4. The molecule has 20 heavy (non-hydrogen) atoms. The van der Waals surface area contributed by atoms with Gasteiger partial charge in [0.2, 0.25) is 0 Å². The van der Waals surface area contributed by atoms with Crippen molar-refractivity contribution in [1.29, 1.82) is 5.26 Å². The first-order chi connectivity index (χ1) is 9.60. The highest BCUT2D eigenvalue weighted by Crippen LogP contribution is 2.18. The van der Waals surface area contributed by atoms with Crippen LogP contribution in [0.5, 0.6) is 0 Å². The molecule has 0 saturated heterocycles. The van der Waals surface area contributed by atoms with Gasteiger partial charge in [-0.15, -0.1) is 0 Å². The highest BCUT2D eigenvalue weighted by molar-refractivity contribution is 5.97. The second-order valence-electron chi connectivity index (χ2n) is 3.66. The number of nitriles is 1. The number of halogens is 2. The summed E-state index contributed by atoms with van der Waals surface area (Å²) in [5.74, 6) is -2.30. The second-order valence-corrected chi connectivity index (χ2v) is 3.66. The fraction of sp³-hybridized carbons (Fsp3) is 0.231. The minimum Gasteiger partial charge on any atom is -0.383 e. The molecule has 2 N–H and O–H groups in total. The van der Waals surface area contributed by atoms with E-state index in [2.05, 4.69) is 10.6 Å². The van der Waals surface area contributed by atoms with E-state index in [9.17, 15) is 13.6 Å². The van der Waals surface area contributed by atoms with Crippen LogP contribution in [0.3, 0.4) is 0 Å². The SMILES string of the molecule is COCCNC(=O)/C(C#N)=C\Nc1c(F)cccc1F. The zero-order valence-corrected chi connectivity index (χ0v) is 10.7. The second kappa shape index (κ2) is 7.86. The van der Waals surface area contributed by atoms with Gasteiger partial charge >= 0.3 is 0 Å². The van der Waals surface area contributed by atoms with Gasteiger partial charge in [0.15, 0.2) is 0 Å². The highest BCUT2D eigenvalue weighted by atomic mass is 19.1. The summed E-state index contributed by atoms with van der Waals surface area (Å²) in [6.45, 7) is 0.516. The lowest BCUT2D eigenvalue weighted by Crippen LogP contribution is -2.28. The molecule has 0 fully saturated rings. The molecule has 1 aromatic carbocycles. The molecule has 0 aliphatic carbocycles. The molecular formula is C13H13F2N3O2. The smallest absolute Gasteiger partial charge is 0.263 e. The lowest BCUT2D eigenvalue weighted by molar-refractivity contribution is -0.117. The van der Waals surface area contributed by atoms with E-state index in [1.807, 2.05) is 0 Å². The number of hydrogen-bond donors (Lipinski definition) is 2. The first-order valence-corrected chi connectivity index (χ1v) is 5.68. The molecule has 0 saturated carbocycles. The van der Waals surface area contributed by atoms with Gasteiger partial charge in [0.25, 0.3) is 5.91 Å². The van der Waals surface area contributed by atoms with Crippen LogP contribution in [-0.4, -0.2) is 26.2 Å². The third kappa shape index (κ3) is 4.33. The Kier molecular flexibility index (Phi) is 6.13. The summed E-state index contributed by atoms with van der Waals surface area (Å²) in [7, 11) is 1.47. The van der Waals surface area contributed by atoms with Gasteiger partial charge in [0.1, 0.15) is 29.0 Å². The maximum Gasteiger partial charge on any atom is 0.263 e. The fourth-order valence-electron chi connectivity index (χ4n) is 1.29. The van der Waals surface area contributed by atoms with Crippen LogP contribution in [0.25, 0.3) is 0 Å². The topological polar surface area (TPSA) is 74.1 Å². The minimum atomic E-state index is -0.821. The molecule has 0 atom stereocenters. The first kappa shape index (κ1) is 15.6. The molecule has 1 rings (SSSR count). The van der Waals surface area contributed by atoms with E-state index in [1.54, 1.807) is 6.07 Å². The van der Waals surface area contributed by atoms with Crippen molar-refractivity contribution >= 4 is 11.6 Å². The van der Waals surface area contributed by atoms with Crippen LogP contribution in [0.1, 0.15) is 0 Å². The number of carbonyl (C=O) groups excluding carboxylic acids is 1. The summed E-state index contributed by atoms with van der Waals surface area (Å²) in [6, 6.07) is 4.97. The number of carbonyl (C=O) groups is 1. The van der Waals surface area contributed by atoms with Gasteiger partial charge in [-0.3, -0.25) is 4.79 Å². The molecule has 1 aromatic rings. The number of methoxy groups -OCH3 is 1. The maximum atomic E-state index is 13.3. The van der Waals surface area contributed by atoms with Crippen molar-refractivity contribution in [2.45, 2.75) is 0 Å². The van der Waals surface area contributed by atoms with Crippen molar-refractivity contribution in [2.75, 3.05) is 25.6 Å². The maximum absolute atomic E-state index is 13.3. The predicted octanol–water partition coefficient (Wildman–Crippen LogP) is 1.55. The molecule has 0 bridgehead atoms. The van der Waals surface area contributed by atoms with E-state index < -0.39 is 23.2 Å². The Morgan fingerprint density at radius 1 is 1.45 bits per heavy atom. The van der Waals surface area contributed by atoms with Crippen molar-refractivity contribution in [3.8, 4) is 6.07 Å². The molecule has 1 amide bonds. The van der Waals surface area contributed by atoms with Gasteiger partial charge < -0.3 is 15.4 Å². The number of nitrogens with one attached hydrogen (secondary N) is 2. The van der Waals surface area contributed by atoms with Crippen LogP contribution in [0.2, 0.25) is 0 Å². The van der Waals surface area contributed by atoms with E-state index in [0.717, 1.165) is 18.3 Å². The molecule has 106 valence electrons. The van der Waals surface area contributed by atoms with Crippen LogP contribution in [0.15, 0.2) is 30.0 Å². The van der Waals surface area contributed by atoms with Crippen molar-refractivity contribution < 1.29 is 18.3 Å². The molecular weight excluding hydrogens is 268 g/mol. The van der Waals surface area contributed by atoms with Gasteiger partial charge in [-0.25, -0.2) is 8.78 Å². The number of nitrogens with zero attached hydrogens (tertiary/aromatic N) is 1. The van der Waals surface area contributed by atoms with E-state index in [4.69, 9.17) is 10.00 Å². The molecule has 0 unspecified atom stereocenters. The van der Waals surface area contributed by atoms with E-state index in [-0.39, 0.29) is 12.1 Å². The normalized spacial score (nSPS) is 10.8. The number of ether oxygens (including phenoxy) is 1. The number of benzene rings is 1. The Hall–Kier alpha value is -2.46. The quantitative estimate of drug-likeness (QED) is 0.471. The summed E-state index contributed by atoms with van der Waals surface area (Å²) in [4.78, 5) is 11.6. The van der Waals surface area contributed by atoms with Crippen molar-refractivity contribution in [3.63, 3.8) is 0 Å². The average molecular weight is 281 g/mol. The van der Waals surface area contributed by atoms with Crippen LogP contribution in [-0.2, 0) is 9.53 Å². The summed E-state index contributed by atoms with van der Waals surface area (Å²) in [6.07, 6.45) is 0.948. The Morgan fingerprint density at radius 3 is 2.65 bits per heavy atom. The molecule has 0 aromatic heterocycles.